The van der Waals surface area contributed by atoms with Crippen LogP contribution >= 0.6 is 0 Å². The van der Waals surface area contributed by atoms with Crippen LogP contribution in [0.4, 0.5) is 4.79 Å². The third-order valence-corrected chi connectivity index (χ3v) is 3.37. The Morgan fingerprint density at radius 3 is 2.45 bits per heavy atom. The lowest BCUT2D eigenvalue weighted by Gasteiger charge is -2.06. The van der Waals surface area contributed by atoms with Crippen LogP contribution in [0.3, 0.4) is 0 Å². The summed E-state index contributed by atoms with van der Waals surface area (Å²) >= 11 is 0. The molecule has 3 rings (SSSR count). The van der Waals surface area contributed by atoms with E-state index in [1.54, 1.807) is 11.6 Å². The predicted octanol–water partition coefficient (Wildman–Crippen LogP) is 3.49. The molecule has 1 N–H and O–H groups in total. The van der Waals surface area contributed by atoms with Crippen LogP contribution in [0.1, 0.15) is 6.92 Å². The molecule has 0 fully saturated rings. The predicted molar refractivity (Wildman–Crippen MR) is 86.0 cm³/mol. The summed E-state index contributed by atoms with van der Waals surface area (Å²) in [4.78, 5) is 11.8. The molecule has 0 saturated heterocycles. The van der Waals surface area contributed by atoms with Crippen molar-refractivity contribution in [3.63, 3.8) is 0 Å². The summed E-state index contributed by atoms with van der Waals surface area (Å²) < 4.78 is 6.68. The van der Waals surface area contributed by atoms with Crippen LogP contribution < -0.4 is 10.1 Å². The lowest BCUT2D eigenvalue weighted by Crippen LogP contribution is -2.50. The maximum absolute atomic E-state index is 11.8. The standard InChI is InChI=1S/C18H16N2O2/c1-2-22-18(21)19-20-13-16-11-7-6-10-15(16)12-17(20)14-8-4-3-5-9-14/h3-13H,2H2,1H3/p+1. The van der Waals surface area contributed by atoms with Gasteiger partial charge in [-0.3, -0.25) is 0 Å². The summed E-state index contributed by atoms with van der Waals surface area (Å²) in [7, 11) is 0. The van der Waals surface area contributed by atoms with Gasteiger partial charge in [0.2, 0.25) is 11.9 Å². The summed E-state index contributed by atoms with van der Waals surface area (Å²) in [5.41, 5.74) is 4.67. The van der Waals surface area contributed by atoms with Gasteiger partial charge in [-0.25, -0.2) is 4.79 Å². The van der Waals surface area contributed by atoms with Gasteiger partial charge in [0.15, 0.2) is 0 Å². The number of hydrogen-bond donors (Lipinski definition) is 1. The summed E-state index contributed by atoms with van der Waals surface area (Å²) in [6.45, 7) is 2.11. The van der Waals surface area contributed by atoms with Crippen molar-refractivity contribution < 1.29 is 14.2 Å². The number of pyridine rings is 1. The number of aromatic nitrogens is 1. The summed E-state index contributed by atoms with van der Waals surface area (Å²) in [6, 6.07) is 20.0. The van der Waals surface area contributed by atoms with Gasteiger partial charge >= 0.3 is 6.09 Å². The minimum absolute atomic E-state index is 0.334. The Labute approximate surface area is 128 Å². The van der Waals surface area contributed by atoms with E-state index in [1.165, 1.54) is 0 Å². The Balaban J connectivity index is 2.12. The van der Waals surface area contributed by atoms with E-state index in [4.69, 9.17) is 4.74 Å². The Morgan fingerprint density at radius 2 is 1.73 bits per heavy atom. The van der Waals surface area contributed by atoms with Gasteiger partial charge in [0.05, 0.1) is 6.61 Å². The summed E-state index contributed by atoms with van der Waals surface area (Å²) in [5, 5.41) is 2.15. The number of nitrogens with zero attached hydrogens (tertiary/aromatic N) is 1. The van der Waals surface area contributed by atoms with Gasteiger partial charge in [0.25, 0.3) is 0 Å². The molecule has 0 spiro atoms. The SMILES string of the molecule is CCOC(=O)N[n+]1cc2ccccc2cc1-c1ccccc1. The summed E-state index contributed by atoms with van der Waals surface area (Å²) in [6.07, 6.45) is 1.43. The minimum atomic E-state index is -0.472. The van der Waals surface area contributed by atoms with Crippen LogP contribution in [0.25, 0.3) is 22.0 Å². The van der Waals surface area contributed by atoms with Crippen LogP contribution in [0.2, 0.25) is 0 Å². The lowest BCUT2D eigenvalue weighted by atomic mass is 10.1. The number of nitrogens with one attached hydrogen (secondary N) is 1. The molecule has 110 valence electrons. The number of benzene rings is 2. The van der Waals surface area contributed by atoms with Crippen LogP contribution in [0, 0.1) is 0 Å². The van der Waals surface area contributed by atoms with Crippen LogP contribution in [0.5, 0.6) is 0 Å². The molecule has 0 saturated carbocycles. The van der Waals surface area contributed by atoms with Crippen LogP contribution in [0.15, 0.2) is 66.9 Å². The van der Waals surface area contributed by atoms with Gasteiger partial charge < -0.3 is 4.74 Å². The number of amides is 1. The van der Waals surface area contributed by atoms with Crippen molar-refractivity contribution in [3.8, 4) is 11.3 Å². The maximum atomic E-state index is 11.8. The molecule has 0 radical (unpaired) electrons. The van der Waals surface area contributed by atoms with Crippen molar-refractivity contribution in [3.05, 3.63) is 66.9 Å². The van der Waals surface area contributed by atoms with E-state index >= 15 is 0 Å². The van der Waals surface area contributed by atoms with Gasteiger partial charge in [0, 0.05) is 17.0 Å². The highest BCUT2D eigenvalue weighted by Gasteiger charge is 2.18. The van der Waals surface area contributed by atoms with E-state index in [2.05, 4.69) is 17.6 Å². The molecule has 1 heterocycles. The van der Waals surface area contributed by atoms with Crippen LogP contribution in [-0.2, 0) is 4.74 Å². The highest BCUT2D eigenvalue weighted by atomic mass is 16.5. The van der Waals surface area contributed by atoms with Crippen molar-refractivity contribution in [1.29, 1.82) is 0 Å². The first-order valence-electron chi connectivity index (χ1n) is 7.21. The number of rotatable bonds is 3. The third-order valence-electron chi connectivity index (χ3n) is 3.37. The van der Waals surface area contributed by atoms with Gasteiger partial charge in [-0.15, -0.1) is 0 Å². The number of fused-ring (bicyclic) bond motifs is 1. The van der Waals surface area contributed by atoms with Crippen molar-refractivity contribution in [1.82, 2.24) is 0 Å². The second-order valence-corrected chi connectivity index (χ2v) is 4.86. The number of ether oxygens (including phenoxy) is 1. The molecule has 0 bridgehead atoms. The molecular weight excluding hydrogens is 276 g/mol. The number of carbonyl (C=O) groups excluding carboxylic acids is 1. The molecule has 0 aliphatic rings. The molecule has 3 aromatic rings. The van der Waals surface area contributed by atoms with Gasteiger partial charge in [0.1, 0.15) is 0 Å². The van der Waals surface area contributed by atoms with E-state index < -0.39 is 6.09 Å². The Morgan fingerprint density at radius 1 is 1.05 bits per heavy atom. The molecule has 4 heteroatoms. The van der Waals surface area contributed by atoms with E-state index in [9.17, 15) is 4.79 Å². The second-order valence-electron chi connectivity index (χ2n) is 4.86. The minimum Gasteiger partial charge on any atom is -0.446 e. The maximum Gasteiger partial charge on any atom is 0.461 e. The van der Waals surface area contributed by atoms with Crippen molar-refractivity contribution >= 4 is 16.9 Å². The van der Waals surface area contributed by atoms with Crippen molar-refractivity contribution in [2.75, 3.05) is 12.0 Å². The molecular formula is C18H17N2O2+. The first kappa shape index (κ1) is 14.1. The Kier molecular flexibility index (Phi) is 4.01. The molecule has 4 nitrogen and oxygen atoms in total. The zero-order valence-electron chi connectivity index (χ0n) is 12.3. The smallest absolute Gasteiger partial charge is 0.446 e. The topological polar surface area (TPSA) is 42.2 Å². The molecule has 1 amide bonds. The molecule has 0 aliphatic heterocycles. The van der Waals surface area contributed by atoms with Crippen LogP contribution in [-0.4, -0.2) is 12.7 Å². The molecule has 2 aromatic carbocycles. The van der Waals surface area contributed by atoms with Gasteiger partial charge in [-0.05, 0) is 30.5 Å². The quantitative estimate of drug-likeness (QED) is 0.751. The number of carbonyl (C=O) groups is 1. The third kappa shape index (κ3) is 2.91. The summed E-state index contributed by atoms with van der Waals surface area (Å²) in [5.74, 6) is 0. The monoisotopic (exact) mass is 293 g/mol. The first-order valence-corrected chi connectivity index (χ1v) is 7.21. The fraction of sp³-hybridized carbons (Fsp3) is 0.111. The largest absolute Gasteiger partial charge is 0.461 e. The van der Waals surface area contributed by atoms with E-state index in [0.29, 0.717) is 6.61 Å². The average Bonchev–Trinajstić information content (AvgIpc) is 2.55. The van der Waals surface area contributed by atoms with Crippen molar-refractivity contribution in [2.24, 2.45) is 0 Å². The highest BCUT2D eigenvalue weighted by molar-refractivity contribution is 5.84. The Hall–Kier alpha value is -2.88. The number of hydrogen-bond acceptors (Lipinski definition) is 2. The normalized spacial score (nSPS) is 10.4. The second kappa shape index (κ2) is 6.26. The molecule has 0 atom stereocenters. The fourth-order valence-corrected chi connectivity index (χ4v) is 2.37. The average molecular weight is 293 g/mol. The highest BCUT2D eigenvalue weighted by Crippen LogP contribution is 2.20. The Bertz CT molecular complexity index is 801. The molecule has 22 heavy (non-hydrogen) atoms. The molecule has 0 aliphatic carbocycles. The lowest BCUT2D eigenvalue weighted by molar-refractivity contribution is -0.629. The van der Waals surface area contributed by atoms with Crippen molar-refractivity contribution in [2.45, 2.75) is 6.92 Å². The molecule has 1 aromatic heterocycles. The zero-order valence-corrected chi connectivity index (χ0v) is 12.3. The first-order chi connectivity index (χ1) is 10.8. The van der Waals surface area contributed by atoms with E-state index in [0.717, 1.165) is 22.0 Å². The van der Waals surface area contributed by atoms with Gasteiger partial charge in [-0.2, -0.15) is 0 Å². The fourth-order valence-electron chi connectivity index (χ4n) is 2.37. The van der Waals surface area contributed by atoms with Gasteiger partial charge in [-0.1, -0.05) is 46.5 Å². The zero-order chi connectivity index (χ0) is 15.4. The van der Waals surface area contributed by atoms with E-state index in [1.807, 2.05) is 54.7 Å². The molecule has 0 unspecified atom stereocenters. The van der Waals surface area contributed by atoms with E-state index in [-0.39, 0.29) is 0 Å².